The van der Waals surface area contributed by atoms with Gasteiger partial charge in [0.25, 0.3) is 0 Å². The van der Waals surface area contributed by atoms with Gasteiger partial charge in [-0.15, -0.1) is 23.2 Å². The fourth-order valence-electron chi connectivity index (χ4n) is 0.869. The van der Waals surface area contributed by atoms with Crippen LogP contribution in [0.15, 0.2) is 0 Å². The lowest BCUT2D eigenvalue weighted by molar-refractivity contribution is 0.639. The fraction of sp³-hybridized carbons (Fsp3) is 1.00. The molecule has 0 saturated heterocycles. The van der Waals surface area contributed by atoms with Crippen LogP contribution in [0.2, 0.25) is 0 Å². The Morgan fingerprint density at radius 3 is 2.60 bits per heavy atom. The summed E-state index contributed by atoms with van der Waals surface area (Å²) >= 11 is 11.6. The van der Waals surface area contributed by atoms with Crippen LogP contribution in [0.3, 0.4) is 0 Å². The molecular formula is C6H12Cl2N2. The molecule has 60 valence electrons. The van der Waals surface area contributed by atoms with Crippen LogP contribution in [0.1, 0.15) is 6.42 Å². The van der Waals surface area contributed by atoms with Crippen molar-refractivity contribution in [2.75, 3.05) is 19.6 Å². The zero-order valence-electron chi connectivity index (χ0n) is 5.74. The van der Waals surface area contributed by atoms with Crippen LogP contribution in [0.4, 0.5) is 0 Å². The van der Waals surface area contributed by atoms with Crippen LogP contribution in [0.5, 0.6) is 0 Å². The van der Waals surface area contributed by atoms with E-state index in [1.165, 1.54) is 0 Å². The zero-order chi connectivity index (χ0) is 7.61. The minimum absolute atomic E-state index is 0.433. The molecule has 0 bridgehead atoms. The highest BCUT2D eigenvalue weighted by molar-refractivity contribution is 6.50. The average Bonchev–Trinajstić information content (AvgIpc) is 2.41. The van der Waals surface area contributed by atoms with E-state index in [-0.39, 0.29) is 0 Å². The number of halogens is 2. The molecule has 4 heteroatoms. The third-order valence-corrected chi connectivity index (χ3v) is 2.59. The van der Waals surface area contributed by atoms with Crippen molar-refractivity contribution in [2.45, 2.75) is 10.8 Å². The summed E-state index contributed by atoms with van der Waals surface area (Å²) in [6.45, 7) is 2.41. The van der Waals surface area contributed by atoms with Crippen LogP contribution in [-0.4, -0.2) is 24.0 Å². The molecule has 3 N–H and O–H groups in total. The van der Waals surface area contributed by atoms with Crippen molar-refractivity contribution in [3.05, 3.63) is 0 Å². The van der Waals surface area contributed by atoms with Gasteiger partial charge in [0.05, 0.1) is 0 Å². The molecule has 1 fully saturated rings. The van der Waals surface area contributed by atoms with Crippen molar-refractivity contribution in [3.8, 4) is 0 Å². The molecule has 0 amide bonds. The van der Waals surface area contributed by atoms with Crippen LogP contribution < -0.4 is 11.1 Å². The molecule has 1 atom stereocenters. The van der Waals surface area contributed by atoms with Gasteiger partial charge in [-0.2, -0.15) is 0 Å². The molecule has 1 aliphatic rings. The number of alkyl halides is 2. The second kappa shape index (κ2) is 3.26. The molecule has 1 rings (SSSR count). The summed E-state index contributed by atoms with van der Waals surface area (Å²) in [7, 11) is 0. The maximum Gasteiger partial charge on any atom is 0.122 e. The first-order chi connectivity index (χ1) is 4.67. The highest BCUT2D eigenvalue weighted by Gasteiger charge is 2.50. The Morgan fingerprint density at radius 2 is 2.20 bits per heavy atom. The van der Waals surface area contributed by atoms with Crippen molar-refractivity contribution in [3.63, 3.8) is 0 Å². The predicted octanol–water partition coefficient (Wildman–Crippen LogP) is 0.728. The van der Waals surface area contributed by atoms with Gasteiger partial charge in [-0.05, 0) is 6.42 Å². The molecule has 1 unspecified atom stereocenters. The molecule has 0 aromatic heterocycles. The molecule has 0 aromatic carbocycles. The molecule has 0 radical (unpaired) electrons. The number of rotatable bonds is 4. The van der Waals surface area contributed by atoms with Gasteiger partial charge in [-0.3, -0.25) is 0 Å². The van der Waals surface area contributed by atoms with Gasteiger partial charge in [-0.25, -0.2) is 0 Å². The van der Waals surface area contributed by atoms with Crippen LogP contribution in [-0.2, 0) is 0 Å². The first kappa shape index (κ1) is 8.60. The summed E-state index contributed by atoms with van der Waals surface area (Å²) < 4.78 is -0.443. The van der Waals surface area contributed by atoms with Crippen molar-refractivity contribution in [1.29, 1.82) is 0 Å². The first-order valence-electron chi connectivity index (χ1n) is 3.45. The Bertz CT molecular complexity index is 116. The minimum atomic E-state index is -0.443. The number of hydrogen-bond acceptors (Lipinski definition) is 2. The van der Waals surface area contributed by atoms with E-state index in [1.54, 1.807) is 0 Å². The molecule has 1 saturated carbocycles. The van der Waals surface area contributed by atoms with E-state index >= 15 is 0 Å². The smallest absolute Gasteiger partial charge is 0.122 e. The van der Waals surface area contributed by atoms with Gasteiger partial charge >= 0.3 is 0 Å². The summed E-state index contributed by atoms with van der Waals surface area (Å²) in [5.41, 5.74) is 5.27. The van der Waals surface area contributed by atoms with Gasteiger partial charge < -0.3 is 11.1 Å². The number of nitrogens with two attached hydrogens (primary N) is 1. The maximum absolute atomic E-state index is 5.78. The lowest BCUT2D eigenvalue weighted by Gasteiger charge is -2.00. The highest BCUT2D eigenvalue weighted by atomic mass is 35.5. The van der Waals surface area contributed by atoms with E-state index in [2.05, 4.69) is 5.32 Å². The summed E-state index contributed by atoms with van der Waals surface area (Å²) in [4.78, 5) is 0. The topological polar surface area (TPSA) is 38.0 Å². The monoisotopic (exact) mass is 182 g/mol. The van der Waals surface area contributed by atoms with Crippen molar-refractivity contribution in [2.24, 2.45) is 11.7 Å². The van der Waals surface area contributed by atoms with Gasteiger partial charge in [-0.1, -0.05) is 0 Å². The zero-order valence-corrected chi connectivity index (χ0v) is 7.25. The van der Waals surface area contributed by atoms with E-state index in [0.29, 0.717) is 12.5 Å². The number of nitrogens with one attached hydrogen (secondary N) is 1. The van der Waals surface area contributed by atoms with Crippen molar-refractivity contribution >= 4 is 23.2 Å². The average molecular weight is 183 g/mol. The molecule has 10 heavy (non-hydrogen) atoms. The van der Waals surface area contributed by atoms with Crippen molar-refractivity contribution in [1.82, 2.24) is 5.32 Å². The van der Waals surface area contributed by atoms with Crippen LogP contribution in [0.25, 0.3) is 0 Å². The Balaban J connectivity index is 1.97. The summed E-state index contributed by atoms with van der Waals surface area (Å²) in [6, 6.07) is 0. The fourth-order valence-corrected chi connectivity index (χ4v) is 1.40. The SMILES string of the molecule is NCCNCC1CC1(Cl)Cl. The summed E-state index contributed by atoms with van der Waals surface area (Å²) in [5.74, 6) is 0.433. The third kappa shape index (κ3) is 2.27. The quantitative estimate of drug-likeness (QED) is 0.498. The van der Waals surface area contributed by atoms with E-state index in [0.717, 1.165) is 19.5 Å². The second-order valence-electron chi connectivity index (χ2n) is 2.65. The maximum atomic E-state index is 5.78. The molecular weight excluding hydrogens is 171 g/mol. The summed E-state index contributed by atoms with van der Waals surface area (Å²) in [5, 5.41) is 3.16. The Kier molecular flexibility index (Phi) is 2.81. The van der Waals surface area contributed by atoms with Crippen LogP contribution in [0, 0.1) is 5.92 Å². The van der Waals surface area contributed by atoms with Crippen molar-refractivity contribution < 1.29 is 0 Å². The Hall–Kier alpha value is 0.500. The van der Waals surface area contributed by atoms with Gasteiger partial charge in [0, 0.05) is 25.6 Å². The highest BCUT2D eigenvalue weighted by Crippen LogP contribution is 2.52. The lowest BCUT2D eigenvalue weighted by Crippen LogP contribution is -2.25. The van der Waals surface area contributed by atoms with E-state index < -0.39 is 4.33 Å². The third-order valence-electron chi connectivity index (χ3n) is 1.67. The standard InChI is InChI=1S/C6H12Cl2N2/c7-6(8)3-5(6)4-10-2-1-9/h5,10H,1-4,9H2. The van der Waals surface area contributed by atoms with Gasteiger partial charge in [0.15, 0.2) is 0 Å². The lowest BCUT2D eigenvalue weighted by atomic mass is 10.4. The first-order valence-corrected chi connectivity index (χ1v) is 4.21. The molecule has 0 aliphatic heterocycles. The van der Waals surface area contributed by atoms with Crippen LogP contribution >= 0.6 is 23.2 Å². The Morgan fingerprint density at radius 1 is 1.60 bits per heavy atom. The van der Waals surface area contributed by atoms with E-state index in [1.807, 2.05) is 0 Å². The predicted molar refractivity (Wildman–Crippen MR) is 44.5 cm³/mol. The van der Waals surface area contributed by atoms with E-state index in [4.69, 9.17) is 28.9 Å². The minimum Gasteiger partial charge on any atom is -0.329 e. The second-order valence-corrected chi connectivity index (χ2v) is 4.20. The molecule has 1 aliphatic carbocycles. The van der Waals surface area contributed by atoms with E-state index in [9.17, 15) is 0 Å². The largest absolute Gasteiger partial charge is 0.329 e. The summed E-state index contributed by atoms with van der Waals surface area (Å²) in [6.07, 6.45) is 0.910. The molecule has 0 heterocycles. The molecule has 0 spiro atoms. The normalized spacial score (nSPS) is 28.5. The van der Waals surface area contributed by atoms with Gasteiger partial charge in [0.1, 0.15) is 4.33 Å². The van der Waals surface area contributed by atoms with Gasteiger partial charge in [0.2, 0.25) is 0 Å². The Labute approximate surface area is 71.1 Å². The molecule has 2 nitrogen and oxygen atoms in total. The molecule has 0 aromatic rings. The number of hydrogen-bond donors (Lipinski definition) is 2.